The number of ether oxygens (including phenoxy) is 1. The van der Waals surface area contributed by atoms with Crippen molar-refractivity contribution in [2.45, 2.75) is 57.8 Å². The number of hydrogen-bond donors (Lipinski definition) is 0. The highest BCUT2D eigenvalue weighted by molar-refractivity contribution is 7.78. The summed E-state index contributed by atoms with van der Waals surface area (Å²) >= 11 is -1.68. The Kier molecular flexibility index (Phi) is 2.96. The minimum absolute atomic E-state index is 0.0734. The maximum Gasteiger partial charge on any atom is 0.424 e. The van der Waals surface area contributed by atoms with Gasteiger partial charge in [0.25, 0.3) is 11.3 Å². The van der Waals surface area contributed by atoms with Crippen LogP contribution in [0.15, 0.2) is 0 Å². The van der Waals surface area contributed by atoms with Crippen molar-refractivity contribution < 1.29 is 17.9 Å². The summed E-state index contributed by atoms with van der Waals surface area (Å²) in [6, 6.07) is -0.0734. The molecule has 0 N–H and O–H groups in total. The van der Waals surface area contributed by atoms with Crippen molar-refractivity contribution in [3.05, 3.63) is 0 Å². The van der Waals surface area contributed by atoms with E-state index in [1.54, 1.807) is 20.8 Å². The molecule has 0 radical (unpaired) electrons. The minimum Gasteiger partial charge on any atom is -0.443 e. The van der Waals surface area contributed by atoms with E-state index in [1.807, 2.05) is 0 Å². The number of carbonyl (C=O) groups is 1. The molecule has 1 saturated heterocycles. The first-order chi connectivity index (χ1) is 7.38. The summed E-state index contributed by atoms with van der Waals surface area (Å²) < 4.78 is 23.3. The van der Waals surface area contributed by atoms with E-state index in [9.17, 15) is 9.00 Å². The largest absolute Gasteiger partial charge is 0.443 e. The molecule has 2 fully saturated rings. The van der Waals surface area contributed by atoms with Gasteiger partial charge in [-0.25, -0.2) is 9.00 Å². The number of amides is 1. The van der Waals surface area contributed by atoms with Crippen molar-refractivity contribution in [3.8, 4) is 0 Å². The second-order valence-electron chi connectivity index (χ2n) is 5.16. The standard InChI is InChI=1S/C10H17NO4S/c1-10(2,3)14-9(12)11-7-5-4-6-8(7)15-16(11)13/h7-8H,4-6H2,1-3H3/t7-,8+,16?/m0/s1. The van der Waals surface area contributed by atoms with E-state index >= 15 is 0 Å². The molecule has 1 aliphatic heterocycles. The molecule has 0 aromatic rings. The van der Waals surface area contributed by atoms with E-state index in [2.05, 4.69) is 0 Å². The lowest BCUT2D eigenvalue weighted by atomic mass is 10.2. The quantitative estimate of drug-likeness (QED) is 0.654. The van der Waals surface area contributed by atoms with Crippen LogP contribution in [0.5, 0.6) is 0 Å². The smallest absolute Gasteiger partial charge is 0.424 e. The third-order valence-corrected chi connectivity index (χ3v) is 3.81. The van der Waals surface area contributed by atoms with Crippen LogP contribution in [0.3, 0.4) is 0 Å². The normalized spacial score (nSPS) is 33.9. The zero-order valence-electron chi connectivity index (χ0n) is 9.76. The van der Waals surface area contributed by atoms with Crippen molar-refractivity contribution in [1.82, 2.24) is 4.31 Å². The molecule has 6 heteroatoms. The Labute approximate surface area is 97.9 Å². The zero-order valence-corrected chi connectivity index (χ0v) is 10.6. The molecule has 0 spiro atoms. The van der Waals surface area contributed by atoms with Gasteiger partial charge in [-0.2, -0.15) is 4.31 Å². The van der Waals surface area contributed by atoms with Crippen LogP contribution in [-0.4, -0.2) is 32.4 Å². The topological polar surface area (TPSA) is 55.8 Å². The summed E-state index contributed by atoms with van der Waals surface area (Å²) in [7, 11) is 0. The van der Waals surface area contributed by atoms with Crippen molar-refractivity contribution in [2.24, 2.45) is 0 Å². The summed E-state index contributed by atoms with van der Waals surface area (Å²) in [6.45, 7) is 5.37. The van der Waals surface area contributed by atoms with Gasteiger partial charge in [0.2, 0.25) is 0 Å². The van der Waals surface area contributed by atoms with Gasteiger partial charge in [0, 0.05) is 0 Å². The highest BCUT2D eigenvalue weighted by atomic mass is 32.2. The summed E-state index contributed by atoms with van der Waals surface area (Å²) in [4.78, 5) is 11.8. The van der Waals surface area contributed by atoms with Gasteiger partial charge in [0.1, 0.15) is 5.60 Å². The monoisotopic (exact) mass is 247 g/mol. The van der Waals surface area contributed by atoms with Gasteiger partial charge in [-0.3, -0.25) is 4.18 Å². The predicted molar refractivity (Wildman–Crippen MR) is 58.7 cm³/mol. The Balaban J connectivity index is 2.08. The molecule has 3 atom stereocenters. The first-order valence-corrected chi connectivity index (χ1v) is 6.53. The van der Waals surface area contributed by atoms with Crippen molar-refractivity contribution >= 4 is 17.4 Å². The van der Waals surface area contributed by atoms with E-state index in [1.165, 1.54) is 4.31 Å². The molecule has 5 nitrogen and oxygen atoms in total. The fraction of sp³-hybridized carbons (Fsp3) is 0.900. The second-order valence-corrected chi connectivity index (χ2v) is 6.18. The Bertz CT molecular complexity index is 325. The average molecular weight is 247 g/mol. The fourth-order valence-electron chi connectivity index (χ4n) is 2.05. The number of hydrogen-bond acceptors (Lipinski definition) is 4. The summed E-state index contributed by atoms with van der Waals surface area (Å²) in [5, 5.41) is 0. The molecule has 0 aromatic carbocycles. The fourth-order valence-corrected chi connectivity index (χ4v) is 3.20. The molecular formula is C10H17NO4S. The molecule has 1 heterocycles. The van der Waals surface area contributed by atoms with Gasteiger partial charge in [-0.05, 0) is 40.0 Å². The van der Waals surface area contributed by atoms with E-state index < -0.39 is 23.0 Å². The van der Waals surface area contributed by atoms with Gasteiger partial charge >= 0.3 is 6.09 Å². The third kappa shape index (κ3) is 2.22. The lowest BCUT2D eigenvalue weighted by Crippen LogP contribution is -2.41. The lowest BCUT2D eigenvalue weighted by molar-refractivity contribution is 0.0352. The molecule has 16 heavy (non-hydrogen) atoms. The van der Waals surface area contributed by atoms with E-state index in [-0.39, 0.29) is 12.1 Å². The van der Waals surface area contributed by atoms with Gasteiger partial charge in [0.05, 0.1) is 12.1 Å². The maximum absolute atomic E-state index is 11.8. The van der Waals surface area contributed by atoms with Gasteiger partial charge < -0.3 is 4.74 Å². The molecule has 1 amide bonds. The lowest BCUT2D eigenvalue weighted by Gasteiger charge is -2.25. The Morgan fingerprint density at radius 1 is 1.44 bits per heavy atom. The molecule has 0 bridgehead atoms. The average Bonchev–Trinajstić information content (AvgIpc) is 2.58. The van der Waals surface area contributed by atoms with Crippen molar-refractivity contribution in [3.63, 3.8) is 0 Å². The number of rotatable bonds is 0. The first kappa shape index (κ1) is 11.9. The van der Waals surface area contributed by atoms with Crippen molar-refractivity contribution in [2.75, 3.05) is 0 Å². The first-order valence-electron chi connectivity index (χ1n) is 5.50. The van der Waals surface area contributed by atoms with Gasteiger partial charge in [-0.1, -0.05) is 0 Å². The zero-order chi connectivity index (χ0) is 11.9. The Morgan fingerprint density at radius 3 is 2.75 bits per heavy atom. The third-order valence-electron chi connectivity index (χ3n) is 2.66. The molecule has 0 aromatic heterocycles. The summed E-state index contributed by atoms with van der Waals surface area (Å²) in [5.41, 5.74) is -0.571. The van der Waals surface area contributed by atoms with Gasteiger partial charge in [-0.15, -0.1) is 0 Å². The van der Waals surface area contributed by atoms with Crippen LogP contribution in [0.1, 0.15) is 40.0 Å². The van der Waals surface area contributed by atoms with Crippen LogP contribution in [-0.2, 0) is 20.2 Å². The Morgan fingerprint density at radius 2 is 2.12 bits per heavy atom. The molecular weight excluding hydrogens is 230 g/mol. The van der Waals surface area contributed by atoms with Crippen LogP contribution in [0, 0.1) is 0 Å². The van der Waals surface area contributed by atoms with Crippen LogP contribution < -0.4 is 0 Å². The molecule has 92 valence electrons. The molecule has 1 aliphatic carbocycles. The summed E-state index contributed by atoms with van der Waals surface area (Å²) in [5.74, 6) is 0. The van der Waals surface area contributed by atoms with E-state index in [4.69, 9.17) is 8.92 Å². The highest BCUT2D eigenvalue weighted by Gasteiger charge is 2.48. The van der Waals surface area contributed by atoms with Crippen LogP contribution in [0.4, 0.5) is 4.79 Å². The molecule has 1 saturated carbocycles. The van der Waals surface area contributed by atoms with Crippen LogP contribution in [0.25, 0.3) is 0 Å². The van der Waals surface area contributed by atoms with Crippen molar-refractivity contribution in [1.29, 1.82) is 0 Å². The summed E-state index contributed by atoms with van der Waals surface area (Å²) in [6.07, 6.45) is 2.10. The Hall–Kier alpha value is -0.620. The van der Waals surface area contributed by atoms with E-state index in [0.29, 0.717) is 0 Å². The van der Waals surface area contributed by atoms with E-state index in [0.717, 1.165) is 19.3 Å². The SMILES string of the molecule is CC(C)(C)OC(=O)N1[C@H]2CCC[C@H]2OS1=O. The van der Waals surface area contributed by atoms with Crippen LogP contribution in [0.2, 0.25) is 0 Å². The molecule has 2 rings (SSSR count). The van der Waals surface area contributed by atoms with Crippen LogP contribution >= 0.6 is 0 Å². The second kappa shape index (κ2) is 4.00. The maximum atomic E-state index is 11.8. The number of carbonyl (C=O) groups excluding carboxylic acids is 1. The predicted octanol–water partition coefficient (Wildman–Crippen LogP) is 1.75. The number of nitrogens with zero attached hydrogens (tertiary/aromatic N) is 1. The van der Waals surface area contributed by atoms with Gasteiger partial charge in [0.15, 0.2) is 0 Å². The minimum atomic E-state index is -1.68. The molecule has 2 aliphatic rings. The molecule has 1 unspecified atom stereocenters. The number of fused-ring (bicyclic) bond motifs is 1. The highest BCUT2D eigenvalue weighted by Crippen LogP contribution is 2.35.